The molecule has 3 rings (SSSR count). The van der Waals surface area contributed by atoms with E-state index in [2.05, 4.69) is 15.6 Å². The summed E-state index contributed by atoms with van der Waals surface area (Å²) < 4.78 is 5.27. The van der Waals surface area contributed by atoms with Gasteiger partial charge in [0.2, 0.25) is 0 Å². The second kappa shape index (κ2) is 8.62. The van der Waals surface area contributed by atoms with Gasteiger partial charge in [0.1, 0.15) is 11.5 Å². The predicted octanol–water partition coefficient (Wildman–Crippen LogP) is 3.07. The smallest absolute Gasteiger partial charge is 0.268 e. The average molecular weight is 361 g/mol. The van der Waals surface area contributed by atoms with Crippen molar-refractivity contribution in [2.75, 3.05) is 0 Å². The molecule has 0 bridgehead atoms. The third-order valence-electron chi connectivity index (χ3n) is 3.81. The fourth-order valence-electron chi connectivity index (χ4n) is 2.43. The Hall–Kier alpha value is -3.67. The topological polar surface area (TPSA) is 84.2 Å². The van der Waals surface area contributed by atoms with Crippen LogP contribution in [0, 0.1) is 6.92 Å². The summed E-state index contributed by atoms with van der Waals surface area (Å²) >= 11 is 0. The van der Waals surface area contributed by atoms with E-state index in [4.69, 9.17) is 4.42 Å². The summed E-state index contributed by atoms with van der Waals surface area (Å²) in [5, 5.41) is 5.46. The molecule has 0 unspecified atom stereocenters. The Morgan fingerprint density at radius 3 is 2.63 bits per heavy atom. The van der Waals surface area contributed by atoms with Gasteiger partial charge in [0.25, 0.3) is 11.8 Å². The number of aromatic nitrogens is 1. The number of rotatable bonds is 6. The van der Waals surface area contributed by atoms with E-state index in [0.717, 1.165) is 11.1 Å². The van der Waals surface area contributed by atoms with E-state index >= 15 is 0 Å². The number of pyridine rings is 1. The van der Waals surface area contributed by atoms with Crippen LogP contribution in [0.5, 0.6) is 0 Å². The molecule has 0 aliphatic carbocycles. The van der Waals surface area contributed by atoms with Gasteiger partial charge < -0.3 is 15.1 Å². The maximum atomic E-state index is 12.6. The molecule has 2 N–H and O–H groups in total. The first kappa shape index (κ1) is 18.1. The highest BCUT2D eigenvalue weighted by Crippen LogP contribution is 2.09. The molecule has 136 valence electrons. The summed E-state index contributed by atoms with van der Waals surface area (Å²) in [6.07, 6.45) is 6.30. The molecule has 0 aliphatic rings. The van der Waals surface area contributed by atoms with Gasteiger partial charge >= 0.3 is 0 Å². The molecule has 6 nitrogen and oxygen atoms in total. The van der Waals surface area contributed by atoms with Gasteiger partial charge in [-0.2, -0.15) is 0 Å². The summed E-state index contributed by atoms with van der Waals surface area (Å²) in [4.78, 5) is 29.1. The van der Waals surface area contributed by atoms with Gasteiger partial charge in [-0.1, -0.05) is 17.7 Å². The zero-order chi connectivity index (χ0) is 19.1. The molecule has 1 aromatic carbocycles. The molecule has 0 atom stereocenters. The molecule has 2 heterocycles. The van der Waals surface area contributed by atoms with Crippen LogP contribution in [0.1, 0.15) is 27.2 Å². The standard InChI is InChI=1S/C21H19N3O3/c1-15-4-2-5-17(12-15)20(25)24-19(13-18-6-3-11-27-18)21(26)23-14-16-7-9-22-10-8-16/h2-13H,14H2,1H3,(H,23,26)(H,24,25)/b19-13-. The van der Waals surface area contributed by atoms with Crippen LogP contribution in [-0.2, 0) is 11.3 Å². The molecule has 0 fully saturated rings. The molecular weight excluding hydrogens is 342 g/mol. The van der Waals surface area contributed by atoms with Crippen LogP contribution in [0.15, 0.2) is 77.3 Å². The van der Waals surface area contributed by atoms with Crippen molar-refractivity contribution in [3.63, 3.8) is 0 Å². The van der Waals surface area contributed by atoms with E-state index in [-0.39, 0.29) is 11.6 Å². The number of hydrogen-bond acceptors (Lipinski definition) is 4. The first-order valence-electron chi connectivity index (χ1n) is 8.42. The predicted molar refractivity (Wildman–Crippen MR) is 101 cm³/mol. The van der Waals surface area contributed by atoms with Crippen LogP contribution in [-0.4, -0.2) is 16.8 Å². The SMILES string of the molecule is Cc1cccc(C(=O)N/C(=C\c2ccco2)C(=O)NCc2ccncc2)c1. The van der Waals surface area contributed by atoms with Crippen molar-refractivity contribution < 1.29 is 14.0 Å². The summed E-state index contributed by atoms with van der Waals surface area (Å²) in [7, 11) is 0. The molecule has 3 aromatic rings. The second-order valence-electron chi connectivity index (χ2n) is 5.94. The van der Waals surface area contributed by atoms with E-state index in [1.165, 1.54) is 12.3 Å². The number of aryl methyl sites for hydroxylation is 1. The monoisotopic (exact) mass is 361 g/mol. The minimum absolute atomic E-state index is 0.102. The molecule has 0 saturated carbocycles. The lowest BCUT2D eigenvalue weighted by Crippen LogP contribution is -2.34. The molecule has 0 spiro atoms. The van der Waals surface area contributed by atoms with Gasteiger partial charge in [-0.25, -0.2) is 0 Å². The number of carbonyl (C=O) groups is 2. The lowest BCUT2D eigenvalue weighted by molar-refractivity contribution is -0.117. The van der Waals surface area contributed by atoms with Crippen LogP contribution in [0.3, 0.4) is 0 Å². The lowest BCUT2D eigenvalue weighted by atomic mass is 10.1. The highest BCUT2D eigenvalue weighted by Gasteiger charge is 2.15. The maximum absolute atomic E-state index is 12.6. The second-order valence-corrected chi connectivity index (χ2v) is 5.94. The minimum Gasteiger partial charge on any atom is -0.465 e. The van der Waals surface area contributed by atoms with Gasteiger partial charge in [0.15, 0.2) is 0 Å². The number of carbonyl (C=O) groups excluding carboxylic acids is 2. The molecule has 0 radical (unpaired) electrons. The van der Waals surface area contributed by atoms with Gasteiger partial charge in [-0.05, 0) is 48.9 Å². The molecule has 27 heavy (non-hydrogen) atoms. The van der Waals surface area contributed by atoms with Gasteiger partial charge in [-0.3, -0.25) is 14.6 Å². The van der Waals surface area contributed by atoms with E-state index in [1.807, 2.05) is 25.1 Å². The van der Waals surface area contributed by atoms with E-state index in [9.17, 15) is 9.59 Å². The fraction of sp³-hybridized carbons (Fsp3) is 0.0952. The summed E-state index contributed by atoms with van der Waals surface area (Å²) in [6.45, 7) is 2.22. The van der Waals surface area contributed by atoms with Crippen LogP contribution < -0.4 is 10.6 Å². The van der Waals surface area contributed by atoms with Crippen LogP contribution in [0.4, 0.5) is 0 Å². The molecule has 0 saturated heterocycles. The number of hydrogen-bond donors (Lipinski definition) is 2. The van der Waals surface area contributed by atoms with Crippen molar-refractivity contribution in [1.29, 1.82) is 0 Å². The number of benzene rings is 1. The summed E-state index contributed by atoms with van der Waals surface area (Å²) in [5.74, 6) is -0.312. The highest BCUT2D eigenvalue weighted by atomic mass is 16.3. The van der Waals surface area contributed by atoms with Crippen molar-refractivity contribution >= 4 is 17.9 Å². The van der Waals surface area contributed by atoms with Gasteiger partial charge in [0, 0.05) is 30.6 Å². The number of amides is 2. The van der Waals surface area contributed by atoms with Crippen molar-refractivity contribution in [1.82, 2.24) is 15.6 Å². The fourth-order valence-corrected chi connectivity index (χ4v) is 2.43. The molecule has 2 amide bonds. The zero-order valence-corrected chi connectivity index (χ0v) is 14.8. The first-order chi connectivity index (χ1) is 13.1. The number of nitrogens with one attached hydrogen (secondary N) is 2. The molecule has 2 aromatic heterocycles. The van der Waals surface area contributed by atoms with Crippen LogP contribution >= 0.6 is 0 Å². The van der Waals surface area contributed by atoms with Gasteiger partial charge in [0.05, 0.1) is 6.26 Å². The van der Waals surface area contributed by atoms with Crippen LogP contribution in [0.2, 0.25) is 0 Å². The third-order valence-corrected chi connectivity index (χ3v) is 3.81. The molecule has 0 aliphatic heterocycles. The van der Waals surface area contributed by atoms with Crippen molar-refractivity contribution in [2.45, 2.75) is 13.5 Å². The van der Waals surface area contributed by atoms with Crippen LogP contribution in [0.25, 0.3) is 6.08 Å². The van der Waals surface area contributed by atoms with Crippen molar-refractivity contribution in [2.24, 2.45) is 0 Å². The molecular formula is C21H19N3O3. The van der Waals surface area contributed by atoms with E-state index in [0.29, 0.717) is 17.9 Å². The number of furan rings is 1. The zero-order valence-electron chi connectivity index (χ0n) is 14.8. The summed E-state index contributed by atoms with van der Waals surface area (Å²) in [5.41, 5.74) is 2.44. The molecule has 6 heteroatoms. The minimum atomic E-state index is -0.413. The third kappa shape index (κ3) is 5.15. The quantitative estimate of drug-likeness (QED) is 0.661. The Morgan fingerprint density at radius 2 is 1.93 bits per heavy atom. The van der Waals surface area contributed by atoms with E-state index in [1.54, 1.807) is 42.7 Å². The van der Waals surface area contributed by atoms with Gasteiger partial charge in [-0.15, -0.1) is 0 Å². The average Bonchev–Trinajstić information content (AvgIpc) is 3.19. The Kier molecular flexibility index (Phi) is 5.79. The number of nitrogens with zero attached hydrogens (tertiary/aromatic N) is 1. The Balaban J connectivity index is 1.76. The first-order valence-corrected chi connectivity index (χ1v) is 8.42. The Labute approximate surface area is 156 Å². The highest BCUT2D eigenvalue weighted by molar-refractivity contribution is 6.05. The Morgan fingerprint density at radius 1 is 1.11 bits per heavy atom. The summed E-state index contributed by atoms with van der Waals surface area (Å²) in [6, 6.07) is 14.2. The van der Waals surface area contributed by atoms with E-state index < -0.39 is 5.91 Å². The van der Waals surface area contributed by atoms with Crippen molar-refractivity contribution in [3.8, 4) is 0 Å². The lowest BCUT2D eigenvalue weighted by Gasteiger charge is -2.11. The largest absolute Gasteiger partial charge is 0.465 e. The van der Waals surface area contributed by atoms with Crippen molar-refractivity contribution in [3.05, 3.63) is 95.3 Å². The normalized spacial score (nSPS) is 11.1. The maximum Gasteiger partial charge on any atom is 0.268 e. The Bertz CT molecular complexity index is 948.